The van der Waals surface area contributed by atoms with E-state index < -0.39 is 0 Å². The molecule has 1 saturated heterocycles. The molecule has 1 aliphatic carbocycles. The Morgan fingerprint density at radius 2 is 1.41 bits per heavy atom. The fourth-order valence-corrected chi connectivity index (χ4v) is 3.60. The number of hydrogen-bond acceptors (Lipinski definition) is 1. The first-order valence-electron chi connectivity index (χ1n) is 7.52. The predicted molar refractivity (Wildman–Crippen MR) is 75.2 cm³/mol. The summed E-state index contributed by atoms with van der Waals surface area (Å²) in [7, 11) is 0. The van der Waals surface area contributed by atoms with Crippen LogP contribution < -0.4 is 0 Å². The molecule has 1 heterocycles. The number of nitrogens with zero attached hydrogens (tertiary/aromatic N) is 1. The van der Waals surface area contributed by atoms with Crippen molar-refractivity contribution in [3.8, 4) is 0 Å². The fraction of sp³-hybridized carbons (Fsp3) is 1.00. The van der Waals surface area contributed by atoms with E-state index in [4.69, 9.17) is 0 Å². The molecule has 0 atom stereocenters. The first-order valence-corrected chi connectivity index (χ1v) is 7.52. The Balaban J connectivity index is 2.07. The molecule has 0 aromatic rings. The van der Waals surface area contributed by atoms with Crippen molar-refractivity contribution in [3.05, 3.63) is 0 Å². The molecule has 0 amide bonds. The van der Waals surface area contributed by atoms with Gasteiger partial charge >= 0.3 is 0 Å². The minimum Gasteiger partial charge on any atom is -0.297 e. The van der Waals surface area contributed by atoms with E-state index in [2.05, 4.69) is 39.5 Å². The van der Waals surface area contributed by atoms with Crippen LogP contribution in [-0.2, 0) is 0 Å². The Morgan fingerprint density at radius 1 is 0.824 bits per heavy atom. The van der Waals surface area contributed by atoms with E-state index >= 15 is 0 Å². The number of likely N-dealkylation sites (tertiary alicyclic amines) is 1. The van der Waals surface area contributed by atoms with Crippen molar-refractivity contribution in [3.63, 3.8) is 0 Å². The van der Waals surface area contributed by atoms with Crippen molar-refractivity contribution in [2.75, 3.05) is 13.1 Å². The molecule has 0 N–H and O–H groups in total. The van der Waals surface area contributed by atoms with Gasteiger partial charge in [0.2, 0.25) is 0 Å². The van der Waals surface area contributed by atoms with Crippen LogP contribution >= 0.6 is 0 Å². The Labute approximate surface area is 108 Å². The zero-order chi connectivity index (χ0) is 12.7. The number of rotatable bonds is 1. The summed E-state index contributed by atoms with van der Waals surface area (Å²) in [5.74, 6) is 0. The molecule has 0 aromatic carbocycles. The van der Waals surface area contributed by atoms with Crippen LogP contribution in [0.5, 0.6) is 0 Å². The zero-order valence-electron chi connectivity index (χ0n) is 12.6. The van der Waals surface area contributed by atoms with Gasteiger partial charge in [-0.25, -0.2) is 0 Å². The average molecular weight is 237 g/mol. The Hall–Kier alpha value is -0.0400. The molecule has 1 aliphatic heterocycles. The van der Waals surface area contributed by atoms with E-state index in [1.54, 1.807) is 0 Å². The summed E-state index contributed by atoms with van der Waals surface area (Å²) in [6.45, 7) is 14.7. The van der Waals surface area contributed by atoms with Crippen LogP contribution in [0, 0.1) is 10.8 Å². The molecule has 17 heavy (non-hydrogen) atoms. The summed E-state index contributed by atoms with van der Waals surface area (Å²) < 4.78 is 0. The molecule has 0 radical (unpaired) electrons. The molecule has 1 nitrogen and oxygen atoms in total. The van der Waals surface area contributed by atoms with Crippen LogP contribution in [0.1, 0.15) is 73.1 Å². The maximum absolute atomic E-state index is 2.78. The molecule has 1 saturated carbocycles. The standard InChI is InChI=1S/C16H31N/c1-14(2,3)15(4,5)17-12-11-16(13-17)9-7-6-8-10-16/h6-13H2,1-5H3. The summed E-state index contributed by atoms with van der Waals surface area (Å²) in [6, 6.07) is 0. The Bertz CT molecular complexity index is 266. The summed E-state index contributed by atoms with van der Waals surface area (Å²) >= 11 is 0. The van der Waals surface area contributed by atoms with Gasteiger partial charge in [0.25, 0.3) is 0 Å². The maximum Gasteiger partial charge on any atom is 0.0201 e. The lowest BCUT2D eigenvalue weighted by atomic mass is 9.72. The molecule has 2 rings (SSSR count). The summed E-state index contributed by atoms with van der Waals surface area (Å²) in [4.78, 5) is 2.78. The molecule has 0 aromatic heterocycles. The van der Waals surface area contributed by atoms with E-state index in [0.717, 1.165) is 0 Å². The summed E-state index contributed by atoms with van der Waals surface area (Å²) in [5.41, 5.74) is 1.39. The lowest BCUT2D eigenvalue weighted by molar-refractivity contribution is 0.0272. The third-order valence-electron chi connectivity index (χ3n) is 5.98. The summed E-state index contributed by atoms with van der Waals surface area (Å²) in [5, 5.41) is 0. The van der Waals surface area contributed by atoms with Gasteiger partial charge in [0.1, 0.15) is 0 Å². The van der Waals surface area contributed by atoms with Crippen molar-refractivity contribution < 1.29 is 0 Å². The summed E-state index contributed by atoms with van der Waals surface area (Å²) in [6.07, 6.45) is 8.86. The van der Waals surface area contributed by atoms with Crippen LogP contribution in [0.15, 0.2) is 0 Å². The second-order valence-electron chi connectivity index (χ2n) is 8.04. The topological polar surface area (TPSA) is 3.24 Å². The molecular weight excluding hydrogens is 206 g/mol. The van der Waals surface area contributed by atoms with E-state index in [1.807, 2.05) is 0 Å². The van der Waals surface area contributed by atoms with Gasteiger partial charge in [-0.05, 0) is 50.5 Å². The van der Waals surface area contributed by atoms with Crippen LogP contribution in [0.3, 0.4) is 0 Å². The van der Waals surface area contributed by atoms with Gasteiger partial charge < -0.3 is 0 Å². The molecule has 1 spiro atoms. The van der Waals surface area contributed by atoms with Gasteiger partial charge in [-0.3, -0.25) is 4.90 Å². The highest BCUT2D eigenvalue weighted by Gasteiger charge is 2.46. The first kappa shape index (κ1) is 13.4. The third-order valence-corrected chi connectivity index (χ3v) is 5.98. The molecule has 2 aliphatic rings. The van der Waals surface area contributed by atoms with Gasteiger partial charge in [-0.2, -0.15) is 0 Å². The van der Waals surface area contributed by atoms with Crippen LogP contribution in [0.4, 0.5) is 0 Å². The van der Waals surface area contributed by atoms with E-state index in [9.17, 15) is 0 Å². The Kier molecular flexibility index (Phi) is 3.36. The van der Waals surface area contributed by atoms with Gasteiger partial charge in [-0.15, -0.1) is 0 Å². The normalized spacial score (nSPS) is 26.6. The van der Waals surface area contributed by atoms with E-state index in [1.165, 1.54) is 51.6 Å². The highest BCUT2D eigenvalue weighted by molar-refractivity contribution is 5.00. The minimum absolute atomic E-state index is 0.327. The van der Waals surface area contributed by atoms with Crippen molar-refractivity contribution in [2.45, 2.75) is 78.7 Å². The smallest absolute Gasteiger partial charge is 0.0201 e. The van der Waals surface area contributed by atoms with Crippen molar-refractivity contribution >= 4 is 0 Å². The van der Waals surface area contributed by atoms with E-state index in [0.29, 0.717) is 16.4 Å². The molecule has 100 valence electrons. The van der Waals surface area contributed by atoms with Gasteiger partial charge in [-0.1, -0.05) is 40.0 Å². The molecule has 0 unspecified atom stereocenters. The van der Waals surface area contributed by atoms with Crippen molar-refractivity contribution in [1.82, 2.24) is 4.90 Å². The second kappa shape index (κ2) is 4.26. The monoisotopic (exact) mass is 237 g/mol. The third kappa shape index (κ3) is 2.41. The molecular formula is C16H31N. The molecule has 1 heteroatoms. The highest BCUT2D eigenvalue weighted by Crippen LogP contribution is 2.48. The first-order chi connectivity index (χ1) is 7.77. The largest absolute Gasteiger partial charge is 0.297 e. The number of hydrogen-bond donors (Lipinski definition) is 0. The van der Waals surface area contributed by atoms with Gasteiger partial charge in [0.15, 0.2) is 0 Å². The Morgan fingerprint density at radius 3 is 1.94 bits per heavy atom. The SMILES string of the molecule is CC(C)(C)C(C)(C)N1CCC2(CCCCC2)C1. The zero-order valence-corrected chi connectivity index (χ0v) is 12.6. The maximum atomic E-state index is 2.78. The second-order valence-corrected chi connectivity index (χ2v) is 8.04. The van der Waals surface area contributed by atoms with Crippen LogP contribution in [-0.4, -0.2) is 23.5 Å². The lowest BCUT2D eigenvalue weighted by Gasteiger charge is -2.47. The fourth-order valence-electron chi connectivity index (χ4n) is 3.60. The minimum atomic E-state index is 0.327. The van der Waals surface area contributed by atoms with E-state index in [-0.39, 0.29) is 0 Å². The average Bonchev–Trinajstić information content (AvgIpc) is 2.62. The van der Waals surface area contributed by atoms with Crippen LogP contribution in [0.2, 0.25) is 0 Å². The highest BCUT2D eigenvalue weighted by atomic mass is 15.2. The van der Waals surface area contributed by atoms with Crippen molar-refractivity contribution in [2.24, 2.45) is 10.8 Å². The quantitative estimate of drug-likeness (QED) is 0.650. The van der Waals surface area contributed by atoms with Crippen molar-refractivity contribution in [1.29, 1.82) is 0 Å². The predicted octanol–water partition coefficient (Wildman–Crippen LogP) is 4.47. The molecule has 0 bridgehead atoms. The van der Waals surface area contributed by atoms with Gasteiger partial charge in [0, 0.05) is 12.1 Å². The lowest BCUT2D eigenvalue weighted by Crippen LogP contribution is -2.52. The molecule has 2 fully saturated rings. The van der Waals surface area contributed by atoms with Gasteiger partial charge in [0.05, 0.1) is 0 Å². The van der Waals surface area contributed by atoms with Crippen LogP contribution in [0.25, 0.3) is 0 Å².